The number of Topliss-reactive ketones (excluding diaryl/α,β-unsaturated/α-hetero) is 1. The van der Waals surface area contributed by atoms with Crippen LogP contribution in [0, 0.1) is 5.41 Å². The van der Waals surface area contributed by atoms with Gasteiger partial charge in [-0.15, -0.1) is 0 Å². The second kappa shape index (κ2) is 6.51. The van der Waals surface area contributed by atoms with Crippen LogP contribution in [0.1, 0.15) is 50.7 Å². The largest absolute Gasteiger partial charge is 0.494 e. The fourth-order valence-electron chi connectivity index (χ4n) is 4.19. The Morgan fingerprint density at radius 2 is 1.93 bits per heavy atom. The van der Waals surface area contributed by atoms with Crippen molar-refractivity contribution in [2.75, 3.05) is 17.7 Å². The number of nitrogens with one attached hydrogen (secondary N) is 2. The summed E-state index contributed by atoms with van der Waals surface area (Å²) in [5.41, 5.74) is 8.01. The number of carbonyl (C=O) groups is 1. The van der Waals surface area contributed by atoms with Crippen molar-refractivity contribution in [1.29, 1.82) is 0 Å². The molecule has 0 radical (unpaired) electrons. The van der Waals surface area contributed by atoms with E-state index in [1.54, 1.807) is 0 Å². The number of nitrogen functional groups attached to an aromatic ring is 1. The van der Waals surface area contributed by atoms with Crippen LogP contribution in [-0.4, -0.2) is 22.4 Å². The lowest BCUT2D eigenvalue weighted by atomic mass is 9.69. The maximum Gasteiger partial charge on any atom is 0.258 e. The van der Waals surface area contributed by atoms with Crippen molar-refractivity contribution in [3.8, 4) is 5.75 Å². The highest BCUT2D eigenvalue weighted by atomic mass is 16.5. The Hall–Kier alpha value is -3.09. The number of nitrogens with two attached hydrogens (primary N) is 1. The number of hydrogen-bond donors (Lipinski definition) is 3. The molecular weight excluding hydrogens is 356 g/mol. The number of hydrogen-bond acceptors (Lipinski definition) is 6. The minimum Gasteiger partial charge on any atom is -0.494 e. The highest BCUT2D eigenvalue weighted by Gasteiger charge is 2.42. The first-order chi connectivity index (χ1) is 13.3. The minimum atomic E-state index is -0.484. The van der Waals surface area contributed by atoms with Crippen molar-refractivity contribution in [2.24, 2.45) is 5.41 Å². The van der Waals surface area contributed by atoms with Gasteiger partial charge in [0.1, 0.15) is 11.6 Å². The van der Waals surface area contributed by atoms with Gasteiger partial charge < -0.3 is 15.8 Å². The van der Waals surface area contributed by atoms with Gasteiger partial charge in [-0.25, -0.2) is 0 Å². The lowest BCUT2D eigenvalue weighted by Crippen LogP contribution is -2.37. The molecule has 0 fully saturated rings. The summed E-state index contributed by atoms with van der Waals surface area (Å²) < 4.78 is 5.52. The number of benzene rings is 1. The summed E-state index contributed by atoms with van der Waals surface area (Å²) >= 11 is 0. The van der Waals surface area contributed by atoms with E-state index >= 15 is 0 Å². The third-order valence-electron chi connectivity index (χ3n) is 5.26. The molecule has 0 saturated carbocycles. The number of aromatic amines is 1. The molecule has 0 saturated heterocycles. The van der Waals surface area contributed by atoms with Crippen LogP contribution in [0.2, 0.25) is 0 Å². The Morgan fingerprint density at radius 1 is 1.21 bits per heavy atom. The molecule has 0 unspecified atom stereocenters. The van der Waals surface area contributed by atoms with E-state index in [-0.39, 0.29) is 22.7 Å². The maximum atomic E-state index is 13.1. The number of anilines is 2. The lowest BCUT2D eigenvalue weighted by Gasteiger charge is -2.38. The zero-order chi connectivity index (χ0) is 20.1. The second-order valence-corrected chi connectivity index (χ2v) is 8.11. The molecule has 1 aliphatic carbocycles. The SMILES string of the molecule is CCOc1ccc([C@@H]2C3=C(CC(C)(C)CC3=O)Nc3nc(N)[nH]c(=O)c32)cc1. The van der Waals surface area contributed by atoms with Gasteiger partial charge in [0.25, 0.3) is 5.56 Å². The van der Waals surface area contributed by atoms with Crippen LogP contribution in [0.25, 0.3) is 0 Å². The van der Waals surface area contributed by atoms with E-state index in [9.17, 15) is 9.59 Å². The summed E-state index contributed by atoms with van der Waals surface area (Å²) in [6.07, 6.45) is 1.14. The summed E-state index contributed by atoms with van der Waals surface area (Å²) in [7, 11) is 0. The molecule has 2 aliphatic rings. The Bertz CT molecular complexity index is 1030. The van der Waals surface area contributed by atoms with Crippen molar-refractivity contribution in [3.05, 3.63) is 57.0 Å². The molecule has 28 heavy (non-hydrogen) atoms. The van der Waals surface area contributed by atoms with Crippen LogP contribution in [-0.2, 0) is 4.79 Å². The van der Waals surface area contributed by atoms with E-state index in [1.807, 2.05) is 31.2 Å². The van der Waals surface area contributed by atoms with E-state index in [0.29, 0.717) is 36.4 Å². The Kier molecular flexibility index (Phi) is 4.25. The molecule has 0 spiro atoms. The first-order valence-corrected chi connectivity index (χ1v) is 9.45. The summed E-state index contributed by atoms with van der Waals surface area (Å²) in [5.74, 6) is 0.786. The van der Waals surface area contributed by atoms with Crippen LogP contribution in [0.4, 0.5) is 11.8 Å². The van der Waals surface area contributed by atoms with Crippen molar-refractivity contribution >= 4 is 17.5 Å². The lowest BCUT2D eigenvalue weighted by molar-refractivity contribution is -0.118. The van der Waals surface area contributed by atoms with Crippen molar-refractivity contribution in [3.63, 3.8) is 0 Å². The van der Waals surface area contributed by atoms with Crippen LogP contribution >= 0.6 is 0 Å². The van der Waals surface area contributed by atoms with E-state index in [0.717, 1.165) is 17.0 Å². The van der Waals surface area contributed by atoms with E-state index in [1.165, 1.54) is 0 Å². The van der Waals surface area contributed by atoms with Gasteiger partial charge in [0.2, 0.25) is 5.95 Å². The summed E-state index contributed by atoms with van der Waals surface area (Å²) in [5, 5.41) is 3.22. The third-order valence-corrected chi connectivity index (χ3v) is 5.26. The van der Waals surface area contributed by atoms with Crippen LogP contribution in [0.3, 0.4) is 0 Å². The number of ether oxygens (including phenoxy) is 1. The molecular formula is C21H24N4O3. The molecule has 2 aromatic rings. The zero-order valence-electron chi connectivity index (χ0n) is 16.3. The molecule has 7 nitrogen and oxygen atoms in total. The van der Waals surface area contributed by atoms with E-state index < -0.39 is 5.92 Å². The molecule has 4 N–H and O–H groups in total. The standard InChI is InChI=1S/C21H24N4O3/c1-4-28-12-7-5-11(6-8-12)15-16-13(9-21(2,3)10-14(16)26)23-18-17(15)19(27)25-20(22)24-18/h5-8,15H,4,9-10H2,1-3H3,(H4,22,23,24,25,27)/t15-/m1/s1. The molecule has 1 aromatic heterocycles. The molecule has 7 heteroatoms. The van der Waals surface area contributed by atoms with Gasteiger partial charge in [-0.2, -0.15) is 4.98 Å². The number of H-pyrrole nitrogens is 1. The quantitative estimate of drug-likeness (QED) is 0.755. The Morgan fingerprint density at radius 3 is 2.61 bits per heavy atom. The third kappa shape index (κ3) is 3.06. The smallest absolute Gasteiger partial charge is 0.258 e. The van der Waals surface area contributed by atoms with Gasteiger partial charge in [0.15, 0.2) is 5.78 Å². The average molecular weight is 380 g/mol. The monoisotopic (exact) mass is 380 g/mol. The van der Waals surface area contributed by atoms with Gasteiger partial charge >= 0.3 is 0 Å². The topological polar surface area (TPSA) is 110 Å². The molecule has 0 amide bonds. The number of allylic oxidation sites excluding steroid dienone is 2. The first-order valence-electron chi connectivity index (χ1n) is 9.45. The number of ketones is 1. The highest BCUT2D eigenvalue weighted by Crippen LogP contribution is 2.47. The number of fused-ring (bicyclic) bond motifs is 1. The molecule has 0 bridgehead atoms. The van der Waals surface area contributed by atoms with Gasteiger partial charge in [-0.05, 0) is 36.5 Å². The molecule has 1 atom stereocenters. The Balaban J connectivity index is 1.91. The van der Waals surface area contributed by atoms with Crippen molar-refractivity contribution < 1.29 is 9.53 Å². The predicted octanol–water partition coefficient (Wildman–Crippen LogP) is 2.95. The molecule has 1 aromatic carbocycles. The molecule has 2 heterocycles. The zero-order valence-corrected chi connectivity index (χ0v) is 16.3. The molecule has 146 valence electrons. The number of rotatable bonds is 3. The van der Waals surface area contributed by atoms with Crippen molar-refractivity contribution in [1.82, 2.24) is 9.97 Å². The molecule has 1 aliphatic heterocycles. The van der Waals surface area contributed by atoms with E-state index in [4.69, 9.17) is 10.5 Å². The van der Waals surface area contributed by atoms with Crippen LogP contribution in [0.5, 0.6) is 5.75 Å². The molecule has 4 rings (SSSR count). The van der Waals surface area contributed by atoms with E-state index in [2.05, 4.69) is 29.1 Å². The van der Waals surface area contributed by atoms with Gasteiger partial charge in [0.05, 0.1) is 12.2 Å². The number of aromatic nitrogens is 2. The van der Waals surface area contributed by atoms with Crippen LogP contribution in [0.15, 0.2) is 40.3 Å². The van der Waals surface area contributed by atoms with Crippen LogP contribution < -0.4 is 21.3 Å². The predicted molar refractivity (Wildman–Crippen MR) is 107 cm³/mol. The fourth-order valence-corrected chi connectivity index (χ4v) is 4.19. The Labute approximate surface area is 163 Å². The number of nitrogens with zero attached hydrogens (tertiary/aromatic N) is 1. The van der Waals surface area contributed by atoms with Gasteiger partial charge in [-0.3, -0.25) is 14.6 Å². The summed E-state index contributed by atoms with van der Waals surface area (Å²) in [6.45, 7) is 6.63. The number of carbonyl (C=O) groups excluding carboxylic acids is 1. The minimum absolute atomic E-state index is 0.0483. The summed E-state index contributed by atoms with van der Waals surface area (Å²) in [6, 6.07) is 7.52. The highest BCUT2D eigenvalue weighted by molar-refractivity contribution is 6.01. The van der Waals surface area contributed by atoms with Crippen molar-refractivity contribution in [2.45, 2.75) is 39.5 Å². The normalized spacial score (nSPS) is 20.2. The second-order valence-electron chi connectivity index (χ2n) is 8.11. The summed E-state index contributed by atoms with van der Waals surface area (Å²) in [4.78, 5) is 32.7. The van der Waals surface area contributed by atoms with Gasteiger partial charge in [-0.1, -0.05) is 26.0 Å². The maximum absolute atomic E-state index is 13.1. The average Bonchev–Trinajstić information content (AvgIpc) is 2.59. The fraction of sp³-hybridized carbons (Fsp3) is 0.381. The first kappa shape index (κ1) is 18.3. The van der Waals surface area contributed by atoms with Gasteiger partial charge in [0, 0.05) is 23.6 Å².